The van der Waals surface area contributed by atoms with E-state index in [1.807, 2.05) is 0 Å². The molecule has 25 heavy (non-hydrogen) atoms. The van der Waals surface area contributed by atoms with E-state index in [0.29, 0.717) is 11.3 Å². The van der Waals surface area contributed by atoms with Gasteiger partial charge in [0, 0.05) is 16.2 Å². The second-order valence-electron chi connectivity index (χ2n) is 4.82. The Kier molecular flexibility index (Phi) is 5.87. The van der Waals surface area contributed by atoms with Crippen LogP contribution in [0.5, 0.6) is 5.75 Å². The van der Waals surface area contributed by atoms with Crippen molar-refractivity contribution < 1.29 is 14.5 Å². The Labute approximate surface area is 151 Å². The van der Waals surface area contributed by atoms with Crippen LogP contribution in [0.3, 0.4) is 0 Å². The Balaban J connectivity index is 2.29. The van der Waals surface area contributed by atoms with Crippen LogP contribution in [0.1, 0.15) is 5.56 Å². The zero-order chi connectivity index (χ0) is 18.4. The molecule has 0 bridgehead atoms. The Bertz CT molecular complexity index is 886. The minimum Gasteiger partial charge on any atom is -0.490 e. The number of nitrogens with one attached hydrogen (secondary N) is 1. The molecule has 2 aromatic rings. The number of carbonyl (C=O) groups is 1. The van der Waals surface area contributed by atoms with Crippen LogP contribution >= 0.6 is 15.9 Å². The summed E-state index contributed by atoms with van der Waals surface area (Å²) in [4.78, 5) is 22.7. The first-order chi connectivity index (χ1) is 11.9. The molecule has 2 aromatic carbocycles. The number of halogens is 1. The SMILES string of the molecule is COc1ccc(/C=C(/C#N)C(=O)Nc2ccc(Br)cc2)cc1[N+](=O)[O-]. The van der Waals surface area contributed by atoms with Crippen molar-refractivity contribution in [3.05, 3.63) is 68.2 Å². The van der Waals surface area contributed by atoms with Crippen molar-refractivity contribution in [3.63, 3.8) is 0 Å². The Hall–Kier alpha value is -3.18. The number of benzene rings is 2. The minimum absolute atomic E-state index is 0.0972. The van der Waals surface area contributed by atoms with Crippen LogP contribution in [0.25, 0.3) is 6.08 Å². The first-order valence-corrected chi connectivity index (χ1v) is 7.75. The monoisotopic (exact) mass is 401 g/mol. The summed E-state index contributed by atoms with van der Waals surface area (Å²) in [6.07, 6.45) is 1.28. The summed E-state index contributed by atoms with van der Waals surface area (Å²) < 4.78 is 5.77. The first kappa shape index (κ1) is 18.2. The zero-order valence-electron chi connectivity index (χ0n) is 13.0. The molecule has 0 fully saturated rings. The van der Waals surface area contributed by atoms with E-state index in [-0.39, 0.29) is 17.0 Å². The van der Waals surface area contributed by atoms with E-state index in [1.54, 1.807) is 30.3 Å². The third-order valence-electron chi connectivity index (χ3n) is 3.18. The lowest BCUT2D eigenvalue weighted by molar-refractivity contribution is -0.385. The van der Waals surface area contributed by atoms with Gasteiger partial charge in [-0.25, -0.2) is 0 Å². The van der Waals surface area contributed by atoms with Gasteiger partial charge in [-0.05, 0) is 42.0 Å². The number of ether oxygens (including phenoxy) is 1. The van der Waals surface area contributed by atoms with E-state index < -0.39 is 10.8 Å². The third-order valence-corrected chi connectivity index (χ3v) is 3.71. The summed E-state index contributed by atoms with van der Waals surface area (Å²) >= 11 is 3.29. The van der Waals surface area contributed by atoms with Gasteiger partial charge in [0.1, 0.15) is 11.6 Å². The van der Waals surface area contributed by atoms with E-state index in [2.05, 4.69) is 21.2 Å². The van der Waals surface area contributed by atoms with E-state index in [0.717, 1.165) is 4.47 Å². The van der Waals surface area contributed by atoms with Crippen molar-refractivity contribution in [3.8, 4) is 11.8 Å². The molecule has 0 atom stereocenters. The maximum absolute atomic E-state index is 12.2. The highest BCUT2D eigenvalue weighted by molar-refractivity contribution is 9.10. The molecular formula is C17H12BrN3O4. The fraction of sp³-hybridized carbons (Fsp3) is 0.0588. The average Bonchev–Trinajstić information content (AvgIpc) is 2.61. The van der Waals surface area contributed by atoms with Gasteiger partial charge in [-0.1, -0.05) is 22.0 Å². The van der Waals surface area contributed by atoms with E-state index >= 15 is 0 Å². The number of methoxy groups -OCH3 is 1. The molecule has 0 aliphatic heterocycles. The minimum atomic E-state index is -0.608. The number of amides is 1. The highest BCUT2D eigenvalue weighted by Gasteiger charge is 2.16. The Morgan fingerprint density at radius 1 is 1.32 bits per heavy atom. The van der Waals surface area contributed by atoms with Crippen LogP contribution in [0, 0.1) is 21.4 Å². The van der Waals surface area contributed by atoms with E-state index in [4.69, 9.17) is 4.74 Å². The molecule has 0 aromatic heterocycles. The molecule has 7 nitrogen and oxygen atoms in total. The van der Waals surface area contributed by atoms with Crippen LogP contribution in [0.2, 0.25) is 0 Å². The quantitative estimate of drug-likeness (QED) is 0.353. The van der Waals surface area contributed by atoms with Gasteiger partial charge in [0.15, 0.2) is 5.75 Å². The molecule has 2 rings (SSSR count). The van der Waals surface area contributed by atoms with Crippen molar-refractivity contribution >= 4 is 39.3 Å². The van der Waals surface area contributed by atoms with Gasteiger partial charge >= 0.3 is 5.69 Å². The molecule has 0 aliphatic rings. The summed E-state index contributed by atoms with van der Waals surface area (Å²) in [7, 11) is 1.32. The fourth-order valence-corrected chi connectivity index (χ4v) is 2.25. The summed E-state index contributed by atoms with van der Waals surface area (Å²) in [6, 6.07) is 12.8. The standard InChI is InChI=1S/C17H12BrN3O4/c1-25-16-7-2-11(9-15(16)21(23)24)8-12(10-19)17(22)20-14-5-3-13(18)4-6-14/h2-9H,1H3,(H,20,22)/b12-8-. The van der Waals surface area contributed by atoms with Crippen LogP contribution in [-0.2, 0) is 4.79 Å². The Morgan fingerprint density at radius 3 is 2.56 bits per heavy atom. The predicted octanol–water partition coefficient (Wildman–Crippen LogP) is 3.91. The average molecular weight is 402 g/mol. The molecule has 126 valence electrons. The number of hydrogen-bond acceptors (Lipinski definition) is 5. The third kappa shape index (κ3) is 4.65. The van der Waals surface area contributed by atoms with Crippen molar-refractivity contribution in [1.29, 1.82) is 5.26 Å². The van der Waals surface area contributed by atoms with Gasteiger partial charge in [0.05, 0.1) is 12.0 Å². The van der Waals surface area contributed by atoms with Gasteiger partial charge in [-0.3, -0.25) is 14.9 Å². The molecule has 0 spiro atoms. The van der Waals surface area contributed by atoms with Crippen LogP contribution < -0.4 is 10.1 Å². The number of nitrogens with zero attached hydrogens (tertiary/aromatic N) is 2. The molecule has 1 N–H and O–H groups in total. The molecule has 0 saturated heterocycles. The molecule has 8 heteroatoms. The zero-order valence-corrected chi connectivity index (χ0v) is 14.6. The molecule has 1 amide bonds. The number of carbonyl (C=O) groups excluding carboxylic acids is 1. The highest BCUT2D eigenvalue weighted by atomic mass is 79.9. The number of rotatable bonds is 5. The number of nitro benzene ring substituents is 1. The highest BCUT2D eigenvalue weighted by Crippen LogP contribution is 2.28. The summed E-state index contributed by atoms with van der Waals surface area (Å²) in [5.41, 5.74) is 0.439. The van der Waals surface area contributed by atoms with E-state index in [1.165, 1.54) is 31.4 Å². The van der Waals surface area contributed by atoms with Crippen LogP contribution in [0.4, 0.5) is 11.4 Å². The van der Waals surface area contributed by atoms with Crippen molar-refractivity contribution in [2.45, 2.75) is 0 Å². The normalized spacial score (nSPS) is 10.7. The van der Waals surface area contributed by atoms with Crippen LogP contribution in [-0.4, -0.2) is 17.9 Å². The summed E-state index contributed by atoms with van der Waals surface area (Å²) in [5, 5.41) is 22.9. The van der Waals surface area contributed by atoms with Crippen molar-refractivity contribution in [2.24, 2.45) is 0 Å². The van der Waals surface area contributed by atoms with Crippen LogP contribution in [0.15, 0.2) is 52.5 Å². The molecule has 0 aliphatic carbocycles. The number of nitriles is 1. The van der Waals surface area contributed by atoms with E-state index in [9.17, 15) is 20.2 Å². The second-order valence-corrected chi connectivity index (χ2v) is 5.73. The number of hydrogen-bond donors (Lipinski definition) is 1. The molecule has 0 radical (unpaired) electrons. The van der Waals surface area contributed by atoms with Gasteiger partial charge in [-0.2, -0.15) is 5.26 Å². The smallest absolute Gasteiger partial charge is 0.311 e. The number of anilines is 1. The lowest BCUT2D eigenvalue weighted by atomic mass is 10.1. The topological polar surface area (TPSA) is 105 Å². The van der Waals surface area contributed by atoms with Crippen molar-refractivity contribution in [2.75, 3.05) is 12.4 Å². The molecule has 0 unspecified atom stereocenters. The summed E-state index contributed by atoms with van der Waals surface area (Å²) in [5.74, 6) is -0.511. The maximum atomic E-state index is 12.2. The summed E-state index contributed by atoms with van der Waals surface area (Å²) in [6.45, 7) is 0. The molecule has 0 heterocycles. The maximum Gasteiger partial charge on any atom is 0.311 e. The second kappa shape index (κ2) is 8.08. The largest absolute Gasteiger partial charge is 0.490 e. The molecular weight excluding hydrogens is 390 g/mol. The lowest BCUT2D eigenvalue weighted by Gasteiger charge is -2.05. The van der Waals surface area contributed by atoms with Gasteiger partial charge in [0.2, 0.25) is 0 Å². The number of nitro groups is 1. The predicted molar refractivity (Wildman–Crippen MR) is 96.0 cm³/mol. The van der Waals surface area contributed by atoms with Gasteiger partial charge in [-0.15, -0.1) is 0 Å². The lowest BCUT2D eigenvalue weighted by Crippen LogP contribution is -2.13. The Morgan fingerprint density at radius 2 is 2.00 bits per heavy atom. The van der Waals surface area contributed by atoms with Gasteiger partial charge in [0.25, 0.3) is 5.91 Å². The van der Waals surface area contributed by atoms with Crippen molar-refractivity contribution in [1.82, 2.24) is 0 Å². The first-order valence-electron chi connectivity index (χ1n) is 6.95. The molecule has 0 saturated carbocycles. The fourth-order valence-electron chi connectivity index (χ4n) is 1.99. The van der Waals surface area contributed by atoms with Gasteiger partial charge < -0.3 is 10.1 Å².